The zero-order valence-electron chi connectivity index (χ0n) is 9.30. The monoisotopic (exact) mass is 197 g/mol. The molecule has 0 bridgehead atoms. The first-order valence-electron chi connectivity index (χ1n) is 6.16. The Morgan fingerprint density at radius 1 is 1.07 bits per heavy atom. The molecule has 2 fully saturated rings. The van der Waals surface area contributed by atoms with E-state index in [1.54, 1.807) is 0 Å². The predicted octanol–water partition coefficient (Wildman–Crippen LogP) is 2.54. The van der Waals surface area contributed by atoms with E-state index in [0.29, 0.717) is 6.10 Å². The van der Waals surface area contributed by atoms with Gasteiger partial charge in [-0.2, -0.15) is 0 Å². The highest BCUT2D eigenvalue weighted by molar-refractivity contribution is 4.83. The summed E-state index contributed by atoms with van der Waals surface area (Å²) in [5, 5.41) is 3.06. The molecule has 0 aromatic carbocycles. The molecule has 14 heavy (non-hydrogen) atoms. The van der Waals surface area contributed by atoms with Crippen LogP contribution in [0.5, 0.6) is 0 Å². The van der Waals surface area contributed by atoms with Crippen molar-refractivity contribution >= 4 is 0 Å². The van der Waals surface area contributed by atoms with Crippen LogP contribution in [0.2, 0.25) is 0 Å². The standard InChI is InChI=1S/C12H23NO/c1-13-9-14-12-7-6-10-4-2-3-5-11(10)8-12/h10-13H,2-9H2,1H3. The Hall–Kier alpha value is -0.0800. The molecular weight excluding hydrogens is 174 g/mol. The van der Waals surface area contributed by atoms with Gasteiger partial charge < -0.3 is 4.74 Å². The fourth-order valence-corrected chi connectivity index (χ4v) is 3.18. The molecule has 2 saturated carbocycles. The van der Waals surface area contributed by atoms with E-state index >= 15 is 0 Å². The molecule has 2 rings (SSSR count). The molecule has 0 radical (unpaired) electrons. The lowest BCUT2D eigenvalue weighted by atomic mass is 9.70. The molecule has 0 saturated heterocycles. The Morgan fingerprint density at radius 3 is 2.64 bits per heavy atom. The molecule has 0 heterocycles. The minimum atomic E-state index is 0.543. The molecule has 0 aliphatic heterocycles. The lowest BCUT2D eigenvalue weighted by Crippen LogP contribution is -2.33. The normalized spacial score (nSPS) is 37.9. The van der Waals surface area contributed by atoms with E-state index in [-0.39, 0.29) is 0 Å². The van der Waals surface area contributed by atoms with E-state index in [4.69, 9.17) is 4.74 Å². The van der Waals surface area contributed by atoms with Crippen molar-refractivity contribution in [1.82, 2.24) is 5.32 Å². The Morgan fingerprint density at radius 2 is 1.86 bits per heavy atom. The van der Waals surface area contributed by atoms with Crippen molar-refractivity contribution in [3.63, 3.8) is 0 Å². The van der Waals surface area contributed by atoms with Gasteiger partial charge in [0.1, 0.15) is 0 Å². The first-order chi connectivity index (χ1) is 6.90. The topological polar surface area (TPSA) is 21.3 Å². The van der Waals surface area contributed by atoms with Crippen LogP contribution < -0.4 is 5.32 Å². The van der Waals surface area contributed by atoms with Crippen LogP contribution in [0.1, 0.15) is 44.9 Å². The Labute approximate surface area is 87.4 Å². The number of hydrogen-bond donors (Lipinski definition) is 1. The maximum absolute atomic E-state index is 5.77. The van der Waals surface area contributed by atoms with Crippen molar-refractivity contribution in [2.45, 2.75) is 51.0 Å². The second-order valence-corrected chi connectivity index (χ2v) is 4.90. The largest absolute Gasteiger partial charge is 0.363 e. The first kappa shape index (κ1) is 10.4. The van der Waals surface area contributed by atoms with Gasteiger partial charge in [-0.25, -0.2) is 0 Å². The first-order valence-corrected chi connectivity index (χ1v) is 6.16. The Balaban J connectivity index is 1.77. The van der Waals surface area contributed by atoms with E-state index in [1.165, 1.54) is 44.9 Å². The molecule has 2 heteroatoms. The second-order valence-electron chi connectivity index (χ2n) is 4.90. The Bertz CT molecular complexity index is 172. The van der Waals surface area contributed by atoms with Crippen LogP contribution in [0.3, 0.4) is 0 Å². The SMILES string of the molecule is CNCOC1CCC2CCCCC2C1. The van der Waals surface area contributed by atoms with Crippen molar-refractivity contribution in [3.05, 3.63) is 0 Å². The van der Waals surface area contributed by atoms with Crippen LogP contribution in [0.25, 0.3) is 0 Å². The molecule has 82 valence electrons. The quantitative estimate of drug-likeness (QED) is 0.702. The maximum atomic E-state index is 5.77. The van der Waals surface area contributed by atoms with Crippen LogP contribution >= 0.6 is 0 Å². The van der Waals surface area contributed by atoms with Crippen molar-refractivity contribution in [1.29, 1.82) is 0 Å². The van der Waals surface area contributed by atoms with Crippen LogP contribution in [0.15, 0.2) is 0 Å². The molecule has 0 spiro atoms. The Kier molecular flexibility index (Phi) is 3.82. The zero-order valence-corrected chi connectivity index (χ0v) is 9.30. The summed E-state index contributed by atoms with van der Waals surface area (Å²) in [4.78, 5) is 0. The molecule has 2 aliphatic carbocycles. The van der Waals surface area contributed by atoms with Crippen LogP contribution in [0.4, 0.5) is 0 Å². The van der Waals surface area contributed by atoms with Gasteiger partial charge in [0.2, 0.25) is 0 Å². The second kappa shape index (κ2) is 5.13. The van der Waals surface area contributed by atoms with Crippen LogP contribution in [-0.2, 0) is 4.74 Å². The fraction of sp³-hybridized carbons (Fsp3) is 1.00. The minimum absolute atomic E-state index is 0.543. The van der Waals surface area contributed by atoms with E-state index < -0.39 is 0 Å². The summed E-state index contributed by atoms with van der Waals surface area (Å²) in [7, 11) is 1.95. The summed E-state index contributed by atoms with van der Waals surface area (Å²) in [5.74, 6) is 2.03. The predicted molar refractivity (Wildman–Crippen MR) is 58.1 cm³/mol. The van der Waals surface area contributed by atoms with Gasteiger partial charge in [0, 0.05) is 0 Å². The third-order valence-corrected chi connectivity index (χ3v) is 3.95. The molecule has 0 aromatic rings. The third kappa shape index (κ3) is 2.48. The van der Waals surface area contributed by atoms with E-state index in [1.807, 2.05) is 7.05 Å². The lowest BCUT2D eigenvalue weighted by Gasteiger charge is -2.39. The smallest absolute Gasteiger partial charge is 0.0966 e. The van der Waals surface area contributed by atoms with Gasteiger partial charge in [0.15, 0.2) is 0 Å². The average molecular weight is 197 g/mol. The summed E-state index contributed by atoms with van der Waals surface area (Å²) < 4.78 is 5.77. The average Bonchev–Trinajstić information content (AvgIpc) is 2.26. The molecule has 3 atom stereocenters. The molecule has 0 amide bonds. The molecule has 2 aliphatic rings. The van der Waals surface area contributed by atoms with Crippen molar-refractivity contribution in [2.75, 3.05) is 13.8 Å². The van der Waals surface area contributed by atoms with Gasteiger partial charge in [-0.05, 0) is 38.1 Å². The number of hydrogen-bond acceptors (Lipinski definition) is 2. The number of rotatable bonds is 3. The summed E-state index contributed by atoms with van der Waals surface area (Å²) in [6, 6.07) is 0. The van der Waals surface area contributed by atoms with Gasteiger partial charge in [-0.15, -0.1) is 0 Å². The zero-order chi connectivity index (χ0) is 9.80. The highest BCUT2D eigenvalue weighted by Crippen LogP contribution is 2.41. The van der Waals surface area contributed by atoms with Gasteiger partial charge in [0.25, 0.3) is 0 Å². The molecule has 1 N–H and O–H groups in total. The maximum Gasteiger partial charge on any atom is 0.0966 e. The third-order valence-electron chi connectivity index (χ3n) is 3.95. The number of fused-ring (bicyclic) bond motifs is 1. The highest BCUT2D eigenvalue weighted by Gasteiger charge is 2.32. The van der Waals surface area contributed by atoms with Gasteiger partial charge >= 0.3 is 0 Å². The van der Waals surface area contributed by atoms with E-state index in [2.05, 4.69) is 5.32 Å². The van der Waals surface area contributed by atoms with Crippen molar-refractivity contribution < 1.29 is 4.74 Å². The summed E-state index contributed by atoms with van der Waals surface area (Å²) in [6.07, 6.45) is 10.5. The van der Waals surface area contributed by atoms with Gasteiger partial charge in [-0.1, -0.05) is 25.7 Å². The van der Waals surface area contributed by atoms with Crippen molar-refractivity contribution in [2.24, 2.45) is 11.8 Å². The number of nitrogens with one attached hydrogen (secondary N) is 1. The van der Waals surface area contributed by atoms with E-state index in [9.17, 15) is 0 Å². The summed E-state index contributed by atoms with van der Waals surface area (Å²) in [5.41, 5.74) is 0. The van der Waals surface area contributed by atoms with Crippen molar-refractivity contribution in [3.8, 4) is 0 Å². The van der Waals surface area contributed by atoms with E-state index in [0.717, 1.165) is 18.6 Å². The summed E-state index contributed by atoms with van der Waals surface area (Å²) in [6.45, 7) is 0.724. The minimum Gasteiger partial charge on any atom is -0.363 e. The molecular formula is C12H23NO. The van der Waals surface area contributed by atoms with Gasteiger partial charge in [0.05, 0.1) is 12.8 Å². The summed E-state index contributed by atoms with van der Waals surface area (Å²) >= 11 is 0. The van der Waals surface area contributed by atoms with Crippen LogP contribution in [-0.4, -0.2) is 19.9 Å². The molecule has 3 unspecified atom stereocenters. The number of ether oxygens (including phenoxy) is 1. The molecule has 0 aromatic heterocycles. The van der Waals surface area contributed by atoms with Gasteiger partial charge in [-0.3, -0.25) is 5.32 Å². The lowest BCUT2D eigenvalue weighted by molar-refractivity contribution is -0.0182. The fourth-order valence-electron chi connectivity index (χ4n) is 3.18. The molecule has 2 nitrogen and oxygen atoms in total. The van der Waals surface area contributed by atoms with Crippen LogP contribution in [0, 0.1) is 11.8 Å². The highest BCUT2D eigenvalue weighted by atomic mass is 16.5.